The largest absolute Gasteiger partial charge is 0.369 e. The maximum Gasteiger partial charge on any atom is 0.251 e. The number of carbonyl (C=O) groups is 1. The molecule has 2 rings (SSSR count). The first-order valence-corrected chi connectivity index (χ1v) is 5.84. The summed E-state index contributed by atoms with van der Waals surface area (Å²) in [4.78, 5) is 11.8. The van der Waals surface area contributed by atoms with Crippen LogP contribution in [0.15, 0.2) is 0 Å². The molecule has 0 aliphatic heterocycles. The van der Waals surface area contributed by atoms with Crippen LogP contribution in [0, 0.1) is 11.3 Å². The van der Waals surface area contributed by atoms with Crippen LogP contribution in [0.5, 0.6) is 0 Å². The van der Waals surface area contributed by atoms with Gasteiger partial charge in [-0.25, -0.2) is 0 Å². The average molecular weight is 211 g/mol. The van der Waals surface area contributed by atoms with Gasteiger partial charge >= 0.3 is 0 Å². The molecule has 0 aromatic carbocycles. The molecule has 86 valence electrons. The Hall–Kier alpha value is -0.570. The predicted molar refractivity (Wildman–Crippen MR) is 58.5 cm³/mol. The van der Waals surface area contributed by atoms with E-state index in [0.29, 0.717) is 5.41 Å². The molecule has 15 heavy (non-hydrogen) atoms. The Morgan fingerprint density at radius 2 is 2.07 bits per heavy atom. The van der Waals surface area contributed by atoms with Crippen molar-refractivity contribution in [3.8, 4) is 0 Å². The first-order valence-electron chi connectivity index (χ1n) is 5.84. The topological polar surface area (TPSA) is 38.3 Å². The molecule has 0 unspecified atom stereocenters. The van der Waals surface area contributed by atoms with Crippen LogP contribution in [-0.2, 0) is 9.53 Å². The summed E-state index contributed by atoms with van der Waals surface area (Å²) in [6.45, 7) is 4.46. The van der Waals surface area contributed by atoms with Crippen molar-refractivity contribution in [3.05, 3.63) is 0 Å². The molecule has 3 heteroatoms. The fourth-order valence-electron chi connectivity index (χ4n) is 2.15. The van der Waals surface area contributed by atoms with Gasteiger partial charge in [0.05, 0.1) is 0 Å². The summed E-state index contributed by atoms with van der Waals surface area (Å²) >= 11 is 0. The Labute approximate surface area is 91.6 Å². The Morgan fingerprint density at radius 1 is 1.47 bits per heavy atom. The summed E-state index contributed by atoms with van der Waals surface area (Å²) in [5.74, 6) is 0.903. The van der Waals surface area contributed by atoms with E-state index in [1.54, 1.807) is 21.0 Å². The highest BCUT2D eigenvalue weighted by molar-refractivity contribution is 5.84. The van der Waals surface area contributed by atoms with Crippen molar-refractivity contribution < 1.29 is 9.53 Å². The molecule has 2 fully saturated rings. The highest BCUT2D eigenvalue weighted by Crippen LogP contribution is 2.60. The summed E-state index contributed by atoms with van der Waals surface area (Å²) < 4.78 is 5.15. The predicted octanol–water partition coefficient (Wildman–Crippen LogP) is 1.72. The molecular formula is C12H21NO2. The lowest BCUT2D eigenvalue weighted by molar-refractivity contribution is -0.139. The summed E-state index contributed by atoms with van der Waals surface area (Å²) in [5, 5.41) is 3.03. The van der Waals surface area contributed by atoms with Crippen LogP contribution in [0.25, 0.3) is 0 Å². The van der Waals surface area contributed by atoms with Gasteiger partial charge in [0, 0.05) is 13.7 Å². The van der Waals surface area contributed by atoms with E-state index in [2.05, 4.69) is 5.32 Å². The molecule has 0 atom stereocenters. The molecule has 0 radical (unpaired) electrons. The number of carbonyl (C=O) groups excluding carboxylic acids is 1. The lowest BCUT2D eigenvalue weighted by atomic mass is 10.00. The molecule has 1 N–H and O–H groups in total. The van der Waals surface area contributed by atoms with E-state index in [1.165, 1.54) is 25.7 Å². The molecule has 1 amide bonds. The lowest BCUT2D eigenvalue weighted by Crippen LogP contribution is -2.45. The maximum atomic E-state index is 11.8. The van der Waals surface area contributed by atoms with Crippen LogP contribution in [0.2, 0.25) is 0 Å². The third-order valence-electron chi connectivity index (χ3n) is 3.99. The van der Waals surface area contributed by atoms with Gasteiger partial charge in [0.1, 0.15) is 5.60 Å². The quantitative estimate of drug-likeness (QED) is 0.752. The van der Waals surface area contributed by atoms with Gasteiger partial charge in [-0.3, -0.25) is 4.79 Å². The van der Waals surface area contributed by atoms with E-state index in [4.69, 9.17) is 4.74 Å². The second-order valence-corrected chi connectivity index (χ2v) is 5.53. The normalized spacial score (nSPS) is 23.7. The van der Waals surface area contributed by atoms with Gasteiger partial charge in [-0.15, -0.1) is 0 Å². The molecule has 0 saturated heterocycles. The molecule has 2 aliphatic rings. The van der Waals surface area contributed by atoms with E-state index >= 15 is 0 Å². The van der Waals surface area contributed by atoms with Crippen molar-refractivity contribution in [1.82, 2.24) is 5.32 Å². The Morgan fingerprint density at radius 3 is 2.47 bits per heavy atom. The van der Waals surface area contributed by atoms with Gasteiger partial charge in [0.25, 0.3) is 5.91 Å². The molecule has 0 heterocycles. The summed E-state index contributed by atoms with van der Waals surface area (Å²) in [6.07, 6.45) is 5.32. The highest BCUT2D eigenvalue weighted by Gasteiger charge is 2.53. The first kappa shape index (κ1) is 10.9. The number of hydrogen-bond acceptors (Lipinski definition) is 2. The summed E-state index contributed by atoms with van der Waals surface area (Å²) in [7, 11) is 1.58. The molecular weight excluding hydrogens is 190 g/mol. The van der Waals surface area contributed by atoms with Gasteiger partial charge in [0.2, 0.25) is 0 Å². The second-order valence-electron chi connectivity index (χ2n) is 5.53. The third-order valence-corrected chi connectivity index (χ3v) is 3.99. The Balaban J connectivity index is 1.80. The highest BCUT2D eigenvalue weighted by atomic mass is 16.5. The smallest absolute Gasteiger partial charge is 0.251 e. The van der Waals surface area contributed by atoms with Crippen LogP contribution in [0.3, 0.4) is 0 Å². The molecule has 2 saturated carbocycles. The van der Waals surface area contributed by atoms with Gasteiger partial charge in [-0.05, 0) is 50.9 Å². The number of ether oxygens (including phenoxy) is 1. The number of rotatable bonds is 5. The van der Waals surface area contributed by atoms with Gasteiger partial charge in [-0.2, -0.15) is 0 Å². The van der Waals surface area contributed by atoms with E-state index in [9.17, 15) is 4.79 Å². The van der Waals surface area contributed by atoms with Crippen LogP contribution in [-0.4, -0.2) is 25.2 Å². The molecule has 0 spiro atoms. The molecule has 0 bridgehead atoms. The number of methoxy groups -OCH3 is 1. The van der Waals surface area contributed by atoms with Crippen LogP contribution >= 0.6 is 0 Å². The minimum atomic E-state index is -0.695. The van der Waals surface area contributed by atoms with Crippen molar-refractivity contribution in [3.63, 3.8) is 0 Å². The molecule has 0 aromatic rings. The fraction of sp³-hybridized carbons (Fsp3) is 0.917. The zero-order valence-corrected chi connectivity index (χ0v) is 9.93. The standard InChI is InChI=1S/C12H21NO2/c1-11(2,15-3)10(14)13-8-12(6-7-12)9-4-5-9/h9H,4-8H2,1-3H3,(H,13,14). The SMILES string of the molecule is COC(C)(C)C(=O)NCC1(C2CC2)CC1. The lowest BCUT2D eigenvalue weighted by Gasteiger charge is -2.24. The van der Waals surface area contributed by atoms with Crippen molar-refractivity contribution in [2.45, 2.75) is 45.1 Å². The molecule has 0 aromatic heterocycles. The second kappa shape index (κ2) is 3.48. The van der Waals surface area contributed by atoms with Gasteiger partial charge < -0.3 is 10.1 Å². The van der Waals surface area contributed by atoms with Crippen molar-refractivity contribution in [2.24, 2.45) is 11.3 Å². The molecule has 3 nitrogen and oxygen atoms in total. The number of hydrogen-bond donors (Lipinski definition) is 1. The molecule has 2 aliphatic carbocycles. The van der Waals surface area contributed by atoms with Crippen molar-refractivity contribution in [1.29, 1.82) is 0 Å². The number of nitrogens with one attached hydrogen (secondary N) is 1. The minimum Gasteiger partial charge on any atom is -0.369 e. The summed E-state index contributed by atoms with van der Waals surface area (Å²) in [5.41, 5.74) is -0.223. The summed E-state index contributed by atoms with van der Waals surface area (Å²) in [6, 6.07) is 0. The van der Waals surface area contributed by atoms with Crippen LogP contribution in [0.4, 0.5) is 0 Å². The van der Waals surface area contributed by atoms with E-state index in [-0.39, 0.29) is 5.91 Å². The van der Waals surface area contributed by atoms with Gasteiger partial charge in [-0.1, -0.05) is 0 Å². The van der Waals surface area contributed by atoms with Crippen LogP contribution in [0.1, 0.15) is 39.5 Å². The van der Waals surface area contributed by atoms with Gasteiger partial charge in [0.15, 0.2) is 0 Å². The van der Waals surface area contributed by atoms with E-state index in [0.717, 1.165) is 12.5 Å². The Kier molecular flexibility index (Phi) is 2.53. The maximum absolute atomic E-state index is 11.8. The Bertz CT molecular complexity index is 265. The third kappa shape index (κ3) is 2.17. The van der Waals surface area contributed by atoms with E-state index < -0.39 is 5.60 Å². The van der Waals surface area contributed by atoms with Crippen LogP contribution < -0.4 is 5.32 Å². The van der Waals surface area contributed by atoms with Crippen molar-refractivity contribution in [2.75, 3.05) is 13.7 Å². The van der Waals surface area contributed by atoms with E-state index in [1.807, 2.05) is 0 Å². The first-order chi connectivity index (χ1) is 7.00. The fourth-order valence-corrected chi connectivity index (χ4v) is 2.15. The zero-order valence-electron chi connectivity index (χ0n) is 9.93. The average Bonchev–Trinajstić information content (AvgIpc) is 3.02. The minimum absolute atomic E-state index is 0.0110. The zero-order chi connectivity index (χ0) is 11.1. The number of amides is 1. The monoisotopic (exact) mass is 211 g/mol. The van der Waals surface area contributed by atoms with Crippen molar-refractivity contribution >= 4 is 5.91 Å².